The van der Waals surface area contributed by atoms with E-state index in [-0.39, 0.29) is 5.91 Å². The molecule has 0 saturated carbocycles. The Kier molecular flexibility index (Phi) is 5.85. The van der Waals surface area contributed by atoms with Crippen molar-refractivity contribution in [2.75, 3.05) is 12.0 Å². The number of fused-ring (bicyclic) bond motifs is 1. The van der Waals surface area contributed by atoms with Crippen molar-refractivity contribution < 1.29 is 34.7 Å². The Morgan fingerprint density at radius 3 is 2.65 bits per heavy atom. The number of ether oxygens (including phenoxy) is 2. The number of amides is 2. The molecule has 2 aromatic carbocycles. The molecule has 2 aromatic rings. The zero-order chi connectivity index (χ0) is 18.7. The topological polar surface area (TPSA) is 55.8 Å². The molecule has 3 rings (SSSR count). The first kappa shape index (κ1) is 18.7. The van der Waals surface area contributed by atoms with E-state index in [0.29, 0.717) is 29.2 Å². The summed E-state index contributed by atoms with van der Waals surface area (Å²) in [6.45, 7) is 1.85. The van der Waals surface area contributed by atoms with E-state index < -0.39 is 27.7 Å². The third-order valence-corrected chi connectivity index (χ3v) is 5.27. The minimum absolute atomic E-state index is 0.364. The molecule has 0 saturated heterocycles. The first-order chi connectivity index (χ1) is 12.6. The summed E-state index contributed by atoms with van der Waals surface area (Å²) < 4.78 is 12.9. The van der Waals surface area contributed by atoms with E-state index in [1.165, 1.54) is 4.90 Å². The number of para-hydroxylation sites is 1. The molecule has 1 heterocycles. The van der Waals surface area contributed by atoms with Crippen molar-refractivity contribution in [3.8, 4) is 11.5 Å². The van der Waals surface area contributed by atoms with E-state index in [9.17, 15) is 9.59 Å². The molecule has 1 aliphatic rings. The fraction of sp³-hybridized carbons (Fsp3) is 0.211. The van der Waals surface area contributed by atoms with Gasteiger partial charge in [-0.2, -0.15) is 0 Å². The third-order valence-electron chi connectivity index (χ3n) is 4.08. The van der Waals surface area contributed by atoms with Gasteiger partial charge in [0.2, 0.25) is 0 Å². The average Bonchev–Trinajstić information content (AvgIpc) is 2.67. The molecule has 7 heteroatoms. The number of halogens is 1. The molecule has 0 aliphatic carbocycles. The maximum absolute atomic E-state index is 13.1. The Bertz CT molecular complexity index is 866. The van der Waals surface area contributed by atoms with E-state index in [4.69, 9.17) is 19.2 Å². The number of hydrogen-bond donors (Lipinski definition) is 0. The van der Waals surface area contributed by atoms with Crippen LogP contribution in [0.1, 0.15) is 29.3 Å². The Labute approximate surface area is 163 Å². The van der Waals surface area contributed by atoms with Gasteiger partial charge in [-0.05, 0) is 0 Å². The molecule has 0 radical (unpaired) electrons. The molecule has 0 N–H and O–H groups in total. The van der Waals surface area contributed by atoms with Crippen LogP contribution in [0.2, 0.25) is 0 Å². The van der Waals surface area contributed by atoms with Crippen molar-refractivity contribution in [1.29, 1.82) is 0 Å². The molecule has 1 atom stereocenters. The molecule has 0 fully saturated rings. The molecule has 1 aliphatic heterocycles. The second-order valence-electron chi connectivity index (χ2n) is 5.60. The van der Waals surface area contributed by atoms with Crippen molar-refractivity contribution >= 4 is 31.8 Å². The Hall–Kier alpha value is -2.04. The first-order valence-corrected chi connectivity index (χ1v) is 11.2. The van der Waals surface area contributed by atoms with Crippen LogP contribution in [0.4, 0.5) is 5.69 Å². The Morgan fingerprint density at radius 1 is 1.31 bits per heavy atom. The second kappa shape index (κ2) is 8.11. The van der Waals surface area contributed by atoms with Crippen LogP contribution in [0.15, 0.2) is 42.5 Å². The number of methoxy groups -OCH3 is 1. The number of benzene rings is 2. The molecule has 5 nitrogen and oxygen atoms in total. The van der Waals surface area contributed by atoms with Gasteiger partial charge in [0.15, 0.2) is 0 Å². The number of rotatable bonds is 4. The minimum atomic E-state index is -0.703. The van der Waals surface area contributed by atoms with Crippen LogP contribution >= 0.6 is 9.69 Å². The molecule has 137 valence electrons. The van der Waals surface area contributed by atoms with Crippen LogP contribution in [0.3, 0.4) is 0 Å². The first-order valence-electron chi connectivity index (χ1n) is 7.98. The van der Waals surface area contributed by atoms with Gasteiger partial charge in [-0.3, -0.25) is 0 Å². The van der Waals surface area contributed by atoms with Gasteiger partial charge in [0, 0.05) is 0 Å². The van der Waals surface area contributed by atoms with Crippen molar-refractivity contribution in [3.63, 3.8) is 0 Å². The number of imide groups is 1. The molecule has 2 amide bonds. The van der Waals surface area contributed by atoms with Crippen LogP contribution in [-0.2, 0) is 20.5 Å². The quantitative estimate of drug-likeness (QED) is 0.519. The summed E-state index contributed by atoms with van der Waals surface area (Å²) in [4.78, 5) is 27.1. The summed E-state index contributed by atoms with van der Waals surface area (Å²) in [5, 5.41) is 0. The number of carbonyl (C=O) groups is 2. The molecule has 1 unspecified atom stereocenters. The fourth-order valence-corrected chi connectivity index (χ4v) is 3.85. The number of carbonyl (C=O) groups excluding carboxylic acids is 2. The van der Waals surface area contributed by atoms with Gasteiger partial charge in [0.25, 0.3) is 0 Å². The van der Waals surface area contributed by atoms with Crippen LogP contribution in [0.5, 0.6) is 11.5 Å². The van der Waals surface area contributed by atoms with Gasteiger partial charge in [-0.15, -0.1) is 0 Å². The average molecular weight is 460 g/mol. The van der Waals surface area contributed by atoms with Crippen molar-refractivity contribution in [2.45, 2.75) is 19.4 Å². The molecule has 0 spiro atoms. The summed E-state index contributed by atoms with van der Waals surface area (Å²) in [7, 11) is 7.48. The second-order valence-corrected chi connectivity index (χ2v) is 7.39. The standard InChI is InChI=1S/C19H17NO4.ClH.Ru/c1-4-16-19(22)20(15-7-5-6-12(2)17(15)24-16)18(21)13-8-10-14(23-3)11-9-13;;/h2,5-11,16H,4H2,1,3H3;1H;/q;;+1/p-1. The normalized spacial score (nSPS) is 16.7. The van der Waals surface area contributed by atoms with Gasteiger partial charge >= 0.3 is 163 Å². The fourth-order valence-electron chi connectivity index (χ4n) is 2.75. The summed E-state index contributed by atoms with van der Waals surface area (Å²) in [5.74, 6) is 0.410. The van der Waals surface area contributed by atoms with Gasteiger partial charge < -0.3 is 0 Å². The van der Waals surface area contributed by atoms with E-state index in [1.807, 2.05) is 17.6 Å². The monoisotopic (exact) mass is 460 g/mol. The van der Waals surface area contributed by atoms with Crippen molar-refractivity contribution in [1.82, 2.24) is 0 Å². The van der Waals surface area contributed by atoms with Gasteiger partial charge in [0.05, 0.1) is 0 Å². The SMILES string of the molecule is CCC1Oc2c([CH]=[Ru][Cl])cccc2N(C(=O)c2ccc(OC)cc2)C1=O. The van der Waals surface area contributed by atoms with Gasteiger partial charge in [-0.1, -0.05) is 0 Å². The van der Waals surface area contributed by atoms with E-state index >= 15 is 0 Å². The predicted molar refractivity (Wildman–Crippen MR) is 97.0 cm³/mol. The maximum atomic E-state index is 13.1. The van der Waals surface area contributed by atoms with E-state index in [1.54, 1.807) is 43.5 Å². The molecule has 26 heavy (non-hydrogen) atoms. The van der Waals surface area contributed by atoms with E-state index in [2.05, 4.69) is 0 Å². The van der Waals surface area contributed by atoms with Crippen molar-refractivity contribution in [2.24, 2.45) is 0 Å². The zero-order valence-electron chi connectivity index (χ0n) is 14.2. The third kappa shape index (κ3) is 3.44. The van der Waals surface area contributed by atoms with Gasteiger partial charge in [-0.25, -0.2) is 0 Å². The predicted octanol–water partition coefficient (Wildman–Crippen LogP) is 3.43. The summed E-state index contributed by atoms with van der Waals surface area (Å²) in [5.41, 5.74) is 1.65. The summed E-state index contributed by atoms with van der Waals surface area (Å²) >= 11 is -0.464. The molecular weight excluding hydrogens is 443 g/mol. The molecular formula is C19H17ClNO4Ru. The molecule has 0 bridgehead atoms. The molecule has 0 aromatic heterocycles. The van der Waals surface area contributed by atoms with Crippen LogP contribution in [0, 0.1) is 0 Å². The van der Waals surface area contributed by atoms with Crippen molar-refractivity contribution in [3.05, 3.63) is 53.6 Å². The van der Waals surface area contributed by atoms with Gasteiger partial charge in [0.1, 0.15) is 0 Å². The summed E-state index contributed by atoms with van der Waals surface area (Å²) in [6.07, 6.45) is -0.238. The number of hydrogen-bond acceptors (Lipinski definition) is 4. The van der Waals surface area contributed by atoms with Crippen LogP contribution < -0.4 is 14.4 Å². The number of anilines is 1. The van der Waals surface area contributed by atoms with E-state index in [0.717, 1.165) is 5.56 Å². The van der Waals surface area contributed by atoms with Crippen LogP contribution in [0.25, 0.3) is 0 Å². The Morgan fingerprint density at radius 2 is 2.04 bits per heavy atom. The zero-order valence-corrected chi connectivity index (χ0v) is 16.7. The Balaban J connectivity index is 2.09. The van der Waals surface area contributed by atoms with Crippen LogP contribution in [-0.4, -0.2) is 29.6 Å². The summed E-state index contributed by atoms with van der Waals surface area (Å²) in [6, 6.07) is 12.0. The number of nitrogens with zero attached hydrogens (tertiary/aromatic N) is 1.